The first-order valence-electron chi connectivity index (χ1n) is 6.85. The van der Waals surface area contributed by atoms with Gasteiger partial charge in [-0.3, -0.25) is 4.57 Å². The fraction of sp³-hybridized carbons (Fsp3) is 0.118. The largest absolute Gasteiger partial charge is 0.465 e. The van der Waals surface area contributed by atoms with Crippen LogP contribution in [-0.4, -0.2) is 27.6 Å². The Bertz CT molecular complexity index is 838. The van der Waals surface area contributed by atoms with Crippen molar-refractivity contribution in [3.8, 4) is 5.95 Å². The zero-order valence-corrected chi connectivity index (χ0v) is 12.2. The highest BCUT2D eigenvalue weighted by Crippen LogP contribution is 2.24. The van der Waals surface area contributed by atoms with Crippen LogP contribution in [0.25, 0.3) is 16.9 Å². The maximum absolute atomic E-state index is 11.7. The molecule has 0 radical (unpaired) electrons. The Kier molecular flexibility index (Phi) is 3.70. The number of carbonyl (C=O) groups excluding carboxylic acids is 1. The van der Waals surface area contributed by atoms with Crippen molar-refractivity contribution < 1.29 is 9.53 Å². The molecule has 1 aromatic carbocycles. The normalized spacial score (nSPS) is 10.6. The topological polar surface area (TPSA) is 57.0 Å². The second-order valence-electron chi connectivity index (χ2n) is 4.78. The summed E-state index contributed by atoms with van der Waals surface area (Å²) in [4.78, 5) is 20.3. The Morgan fingerprint density at radius 3 is 2.77 bits per heavy atom. The van der Waals surface area contributed by atoms with Crippen molar-refractivity contribution >= 4 is 16.9 Å². The maximum Gasteiger partial charge on any atom is 0.337 e. The van der Waals surface area contributed by atoms with E-state index in [1.807, 2.05) is 28.8 Å². The molecule has 0 saturated heterocycles. The van der Waals surface area contributed by atoms with Gasteiger partial charge in [-0.25, -0.2) is 14.8 Å². The molecule has 0 aliphatic heterocycles. The fourth-order valence-electron chi connectivity index (χ4n) is 2.46. The molecule has 0 unspecified atom stereocenters. The third kappa shape index (κ3) is 2.37. The number of hydrogen-bond donors (Lipinski definition) is 0. The van der Waals surface area contributed by atoms with Crippen LogP contribution in [-0.2, 0) is 11.2 Å². The van der Waals surface area contributed by atoms with Crippen LogP contribution in [0.2, 0.25) is 0 Å². The second-order valence-corrected chi connectivity index (χ2v) is 4.78. The Balaban J connectivity index is 2.23. The molecule has 0 bridgehead atoms. The average molecular weight is 293 g/mol. The number of methoxy groups -OCH3 is 1. The summed E-state index contributed by atoms with van der Waals surface area (Å²) in [5.74, 6) is 0.246. The molecule has 22 heavy (non-hydrogen) atoms. The summed E-state index contributed by atoms with van der Waals surface area (Å²) in [5, 5.41) is 0.937. The number of ether oxygens (including phenoxy) is 1. The first kappa shape index (κ1) is 14.0. The van der Waals surface area contributed by atoms with Crippen LogP contribution in [0.3, 0.4) is 0 Å². The van der Waals surface area contributed by atoms with E-state index >= 15 is 0 Å². The lowest BCUT2D eigenvalue weighted by atomic mass is 10.1. The van der Waals surface area contributed by atoms with Gasteiger partial charge in [-0.05, 0) is 30.3 Å². The maximum atomic E-state index is 11.7. The predicted octanol–water partition coefficient (Wildman–Crippen LogP) is 2.94. The molecule has 0 aliphatic carbocycles. The molecular weight excluding hydrogens is 278 g/mol. The number of benzene rings is 1. The van der Waals surface area contributed by atoms with E-state index in [9.17, 15) is 4.79 Å². The lowest BCUT2D eigenvalue weighted by Crippen LogP contribution is -2.04. The lowest BCUT2D eigenvalue weighted by Gasteiger charge is -2.07. The zero-order valence-electron chi connectivity index (χ0n) is 12.2. The van der Waals surface area contributed by atoms with Gasteiger partial charge in [0, 0.05) is 29.9 Å². The lowest BCUT2D eigenvalue weighted by molar-refractivity contribution is 0.0601. The minimum atomic E-state index is -0.351. The third-order valence-corrected chi connectivity index (χ3v) is 3.40. The molecule has 3 aromatic rings. The van der Waals surface area contributed by atoms with E-state index < -0.39 is 0 Å². The molecule has 2 heterocycles. The van der Waals surface area contributed by atoms with Gasteiger partial charge in [-0.15, -0.1) is 6.58 Å². The van der Waals surface area contributed by atoms with Crippen molar-refractivity contribution in [3.05, 3.63) is 66.6 Å². The Hall–Kier alpha value is -2.95. The van der Waals surface area contributed by atoms with Crippen LogP contribution in [0.1, 0.15) is 16.1 Å². The molecule has 110 valence electrons. The molecule has 0 amide bonds. The summed E-state index contributed by atoms with van der Waals surface area (Å²) < 4.78 is 6.74. The van der Waals surface area contributed by atoms with Gasteiger partial charge in [-0.1, -0.05) is 6.08 Å². The number of hydrogen-bond acceptors (Lipinski definition) is 4. The molecule has 0 fully saturated rings. The molecule has 0 aliphatic rings. The molecule has 3 rings (SSSR count). The number of nitrogens with zero attached hydrogens (tertiary/aromatic N) is 3. The van der Waals surface area contributed by atoms with E-state index in [-0.39, 0.29) is 5.97 Å². The Morgan fingerprint density at radius 2 is 2.09 bits per heavy atom. The predicted molar refractivity (Wildman–Crippen MR) is 84.1 cm³/mol. The highest BCUT2D eigenvalue weighted by molar-refractivity contribution is 5.95. The average Bonchev–Trinajstić information content (AvgIpc) is 2.92. The number of allylic oxidation sites excluding steroid dienone is 1. The Labute approximate surface area is 127 Å². The molecule has 5 heteroatoms. The van der Waals surface area contributed by atoms with Gasteiger partial charge >= 0.3 is 5.97 Å². The molecule has 0 saturated carbocycles. The van der Waals surface area contributed by atoms with Crippen LogP contribution in [0.5, 0.6) is 0 Å². The van der Waals surface area contributed by atoms with Crippen LogP contribution in [0.15, 0.2) is 55.4 Å². The number of fused-ring (bicyclic) bond motifs is 1. The van der Waals surface area contributed by atoms with Crippen molar-refractivity contribution in [2.45, 2.75) is 6.42 Å². The summed E-state index contributed by atoms with van der Waals surface area (Å²) in [6.45, 7) is 3.79. The van der Waals surface area contributed by atoms with E-state index in [2.05, 4.69) is 16.5 Å². The quantitative estimate of drug-likeness (QED) is 0.548. The van der Waals surface area contributed by atoms with Crippen LogP contribution in [0, 0.1) is 0 Å². The third-order valence-electron chi connectivity index (χ3n) is 3.40. The van der Waals surface area contributed by atoms with E-state index in [1.165, 1.54) is 7.11 Å². The second kappa shape index (κ2) is 5.81. The highest BCUT2D eigenvalue weighted by atomic mass is 16.5. The van der Waals surface area contributed by atoms with Gasteiger partial charge in [0.05, 0.1) is 18.2 Å². The van der Waals surface area contributed by atoms with E-state index in [0.29, 0.717) is 17.9 Å². The SMILES string of the molecule is C=CCc1cc2cc(C(=O)OC)ccc2n1-c1ncccn1. The molecule has 0 N–H and O–H groups in total. The minimum absolute atomic E-state index is 0.351. The van der Waals surface area contributed by atoms with E-state index in [4.69, 9.17) is 4.74 Å². The monoisotopic (exact) mass is 293 g/mol. The van der Waals surface area contributed by atoms with E-state index in [0.717, 1.165) is 16.6 Å². The molecular formula is C17H15N3O2. The van der Waals surface area contributed by atoms with Gasteiger partial charge in [0.2, 0.25) is 5.95 Å². The first-order valence-corrected chi connectivity index (χ1v) is 6.85. The zero-order chi connectivity index (χ0) is 15.5. The van der Waals surface area contributed by atoms with Gasteiger partial charge in [0.1, 0.15) is 0 Å². The van der Waals surface area contributed by atoms with Gasteiger partial charge in [0.15, 0.2) is 0 Å². The van der Waals surface area contributed by atoms with Crippen molar-refractivity contribution in [1.82, 2.24) is 14.5 Å². The van der Waals surface area contributed by atoms with Crippen molar-refractivity contribution in [3.63, 3.8) is 0 Å². The van der Waals surface area contributed by atoms with E-state index in [1.54, 1.807) is 24.5 Å². The van der Waals surface area contributed by atoms with Crippen molar-refractivity contribution in [2.24, 2.45) is 0 Å². The highest BCUT2D eigenvalue weighted by Gasteiger charge is 2.14. The molecule has 0 atom stereocenters. The molecule has 0 spiro atoms. The fourth-order valence-corrected chi connectivity index (χ4v) is 2.46. The van der Waals surface area contributed by atoms with Crippen LogP contribution >= 0.6 is 0 Å². The van der Waals surface area contributed by atoms with Crippen LogP contribution < -0.4 is 0 Å². The van der Waals surface area contributed by atoms with Gasteiger partial charge in [0.25, 0.3) is 0 Å². The summed E-state index contributed by atoms with van der Waals surface area (Å²) >= 11 is 0. The smallest absolute Gasteiger partial charge is 0.337 e. The van der Waals surface area contributed by atoms with Crippen molar-refractivity contribution in [1.29, 1.82) is 0 Å². The van der Waals surface area contributed by atoms with Gasteiger partial charge < -0.3 is 4.74 Å². The number of aromatic nitrogens is 3. The minimum Gasteiger partial charge on any atom is -0.465 e. The first-order chi connectivity index (χ1) is 10.7. The Morgan fingerprint density at radius 1 is 1.32 bits per heavy atom. The van der Waals surface area contributed by atoms with Crippen molar-refractivity contribution in [2.75, 3.05) is 7.11 Å². The van der Waals surface area contributed by atoms with Gasteiger partial charge in [-0.2, -0.15) is 0 Å². The number of rotatable bonds is 4. The summed E-state index contributed by atoms with van der Waals surface area (Å²) in [6.07, 6.45) is 5.92. The summed E-state index contributed by atoms with van der Waals surface area (Å²) in [5.41, 5.74) is 2.47. The standard InChI is InChI=1S/C17H15N3O2/c1-3-5-14-11-13-10-12(16(21)22-2)6-7-15(13)20(14)17-18-8-4-9-19-17/h3-4,6-11H,1,5H2,2H3. The molecule has 2 aromatic heterocycles. The number of carbonyl (C=O) groups is 1. The number of esters is 1. The van der Waals surface area contributed by atoms with Crippen LogP contribution in [0.4, 0.5) is 0 Å². The summed E-state index contributed by atoms with van der Waals surface area (Å²) in [7, 11) is 1.37. The summed E-state index contributed by atoms with van der Waals surface area (Å²) in [6, 6.07) is 9.22. The molecule has 5 nitrogen and oxygen atoms in total.